The summed E-state index contributed by atoms with van der Waals surface area (Å²) in [5, 5.41) is 8.86. The summed E-state index contributed by atoms with van der Waals surface area (Å²) in [4.78, 5) is 17.4. The zero-order valence-electron chi connectivity index (χ0n) is 14.1. The van der Waals surface area contributed by atoms with Crippen molar-refractivity contribution in [2.45, 2.75) is 13.5 Å². The second-order valence-corrected chi connectivity index (χ2v) is 6.71. The van der Waals surface area contributed by atoms with Gasteiger partial charge >= 0.3 is 0 Å². The van der Waals surface area contributed by atoms with Gasteiger partial charge in [0.25, 0.3) is 5.91 Å². The molecule has 7 heteroatoms. The van der Waals surface area contributed by atoms with Crippen LogP contribution in [0.5, 0.6) is 11.5 Å². The van der Waals surface area contributed by atoms with Gasteiger partial charge in [0.15, 0.2) is 16.3 Å². The molecular formula is C19H15N3O3S. The topological polar surface area (TPSA) is 76.6 Å². The molecule has 0 bridgehead atoms. The van der Waals surface area contributed by atoms with Crippen LogP contribution in [0.15, 0.2) is 41.4 Å². The van der Waals surface area contributed by atoms with Crippen molar-refractivity contribution < 1.29 is 14.3 Å². The molecule has 4 rings (SSSR count). The highest BCUT2D eigenvalue weighted by Gasteiger charge is 2.16. The normalized spacial score (nSPS) is 13.6. The zero-order chi connectivity index (χ0) is 18.1. The van der Waals surface area contributed by atoms with Gasteiger partial charge in [0.1, 0.15) is 13.2 Å². The number of aryl methyl sites for hydroxylation is 1. The van der Waals surface area contributed by atoms with E-state index in [0.29, 0.717) is 41.4 Å². The predicted molar refractivity (Wildman–Crippen MR) is 97.5 cm³/mol. The SMILES string of the molecule is CCn1c(=NC(=O)c2ccc(C#N)cc2)sc2cc3c(cc21)OCCO3. The van der Waals surface area contributed by atoms with Gasteiger partial charge in [-0.1, -0.05) is 11.3 Å². The Balaban J connectivity index is 1.80. The number of ether oxygens (including phenoxy) is 2. The first-order valence-corrected chi connectivity index (χ1v) is 9.03. The maximum Gasteiger partial charge on any atom is 0.279 e. The minimum absolute atomic E-state index is 0.333. The molecule has 0 N–H and O–H groups in total. The largest absolute Gasteiger partial charge is 0.486 e. The lowest BCUT2D eigenvalue weighted by Gasteiger charge is -2.18. The number of carbonyl (C=O) groups is 1. The molecule has 0 atom stereocenters. The lowest BCUT2D eigenvalue weighted by Crippen LogP contribution is -2.17. The molecule has 0 saturated heterocycles. The number of rotatable bonds is 2. The number of hydrogen-bond donors (Lipinski definition) is 0. The Morgan fingerprint density at radius 2 is 1.92 bits per heavy atom. The second-order valence-electron chi connectivity index (χ2n) is 5.70. The molecule has 2 aromatic carbocycles. The highest BCUT2D eigenvalue weighted by molar-refractivity contribution is 7.16. The minimum atomic E-state index is -0.333. The number of nitriles is 1. The first-order chi connectivity index (χ1) is 12.7. The third kappa shape index (κ3) is 2.85. The van der Waals surface area contributed by atoms with Gasteiger partial charge in [-0.2, -0.15) is 10.3 Å². The smallest absolute Gasteiger partial charge is 0.279 e. The van der Waals surface area contributed by atoms with Gasteiger partial charge in [0, 0.05) is 24.2 Å². The average molecular weight is 365 g/mol. The van der Waals surface area contributed by atoms with Gasteiger partial charge in [-0.05, 0) is 31.2 Å². The number of nitrogens with zero attached hydrogens (tertiary/aromatic N) is 3. The fourth-order valence-electron chi connectivity index (χ4n) is 2.84. The summed E-state index contributed by atoms with van der Waals surface area (Å²) < 4.78 is 14.3. The van der Waals surface area contributed by atoms with Crippen molar-refractivity contribution in [3.63, 3.8) is 0 Å². The summed E-state index contributed by atoms with van der Waals surface area (Å²) in [5.41, 5.74) is 1.93. The molecule has 1 amide bonds. The third-order valence-electron chi connectivity index (χ3n) is 4.12. The quantitative estimate of drug-likeness (QED) is 0.699. The summed E-state index contributed by atoms with van der Waals surface area (Å²) in [6.45, 7) is 3.75. The summed E-state index contributed by atoms with van der Waals surface area (Å²) in [6.07, 6.45) is 0. The number of amides is 1. The summed E-state index contributed by atoms with van der Waals surface area (Å²) in [6, 6.07) is 12.4. The van der Waals surface area contributed by atoms with Crippen LogP contribution in [-0.2, 0) is 6.54 Å². The molecular weight excluding hydrogens is 350 g/mol. The van der Waals surface area contributed by atoms with Gasteiger partial charge < -0.3 is 14.0 Å². The molecule has 0 spiro atoms. The second kappa shape index (κ2) is 6.65. The van der Waals surface area contributed by atoms with Crippen LogP contribution in [0.3, 0.4) is 0 Å². The van der Waals surface area contributed by atoms with Gasteiger partial charge in [0.05, 0.1) is 21.8 Å². The summed E-state index contributed by atoms with van der Waals surface area (Å²) in [7, 11) is 0. The number of carbonyl (C=O) groups excluding carboxylic acids is 1. The molecule has 1 aliphatic rings. The molecule has 1 aromatic heterocycles. The maximum atomic E-state index is 12.5. The highest BCUT2D eigenvalue weighted by atomic mass is 32.1. The Morgan fingerprint density at radius 1 is 1.23 bits per heavy atom. The Morgan fingerprint density at radius 3 is 2.58 bits per heavy atom. The Hall–Kier alpha value is -3.11. The van der Waals surface area contributed by atoms with Crippen LogP contribution >= 0.6 is 11.3 Å². The summed E-state index contributed by atoms with van der Waals surface area (Å²) >= 11 is 1.44. The third-order valence-corrected chi connectivity index (χ3v) is 5.16. The van der Waals surface area contributed by atoms with E-state index < -0.39 is 0 Å². The molecule has 6 nitrogen and oxygen atoms in total. The fourth-order valence-corrected chi connectivity index (χ4v) is 3.94. The van der Waals surface area contributed by atoms with Gasteiger partial charge in [-0.15, -0.1) is 0 Å². The van der Waals surface area contributed by atoms with E-state index in [0.717, 1.165) is 16.0 Å². The van der Waals surface area contributed by atoms with Crippen LogP contribution in [0.1, 0.15) is 22.8 Å². The summed E-state index contributed by atoms with van der Waals surface area (Å²) in [5.74, 6) is 1.10. The van der Waals surface area contributed by atoms with Gasteiger partial charge in [-0.25, -0.2) is 0 Å². The Labute approximate surface area is 153 Å². The van der Waals surface area contributed by atoms with Crippen molar-refractivity contribution in [2.75, 3.05) is 13.2 Å². The lowest BCUT2D eigenvalue weighted by molar-refractivity contribution is 0.0998. The molecule has 26 heavy (non-hydrogen) atoms. The molecule has 130 valence electrons. The first-order valence-electron chi connectivity index (χ1n) is 8.22. The molecule has 1 aliphatic heterocycles. The van der Waals surface area contributed by atoms with E-state index in [1.54, 1.807) is 24.3 Å². The van der Waals surface area contributed by atoms with E-state index in [1.165, 1.54) is 11.3 Å². The van der Waals surface area contributed by atoms with E-state index in [1.807, 2.05) is 29.7 Å². The zero-order valence-corrected chi connectivity index (χ0v) is 14.9. The molecule has 0 unspecified atom stereocenters. The van der Waals surface area contributed by atoms with E-state index in [-0.39, 0.29) is 5.91 Å². The minimum Gasteiger partial charge on any atom is -0.486 e. The van der Waals surface area contributed by atoms with Crippen LogP contribution < -0.4 is 14.3 Å². The molecule has 0 fully saturated rings. The number of thiazole rings is 1. The lowest BCUT2D eigenvalue weighted by atomic mass is 10.1. The van der Waals surface area contributed by atoms with Crippen LogP contribution in [0.2, 0.25) is 0 Å². The maximum absolute atomic E-state index is 12.5. The molecule has 3 aromatic rings. The van der Waals surface area contributed by atoms with E-state index in [4.69, 9.17) is 14.7 Å². The van der Waals surface area contributed by atoms with Crippen molar-refractivity contribution in [1.82, 2.24) is 4.57 Å². The van der Waals surface area contributed by atoms with Gasteiger partial charge in [0.2, 0.25) is 0 Å². The highest BCUT2D eigenvalue weighted by Crippen LogP contribution is 2.35. The van der Waals surface area contributed by atoms with Crippen molar-refractivity contribution in [1.29, 1.82) is 5.26 Å². The Kier molecular flexibility index (Phi) is 4.19. The van der Waals surface area contributed by atoms with E-state index >= 15 is 0 Å². The molecule has 0 aliphatic carbocycles. The predicted octanol–water partition coefficient (Wildman–Crippen LogP) is 3.11. The monoisotopic (exact) mass is 365 g/mol. The van der Waals surface area contributed by atoms with Crippen molar-refractivity contribution >= 4 is 27.5 Å². The number of hydrogen-bond acceptors (Lipinski definition) is 5. The van der Waals surface area contributed by atoms with E-state index in [9.17, 15) is 4.79 Å². The fraction of sp³-hybridized carbons (Fsp3) is 0.211. The van der Waals surface area contributed by atoms with Crippen LogP contribution in [-0.4, -0.2) is 23.7 Å². The van der Waals surface area contributed by atoms with Crippen LogP contribution in [0, 0.1) is 11.3 Å². The van der Waals surface area contributed by atoms with Crippen molar-refractivity contribution in [2.24, 2.45) is 4.99 Å². The van der Waals surface area contributed by atoms with Crippen LogP contribution in [0.25, 0.3) is 10.2 Å². The Bertz CT molecular complexity index is 1100. The average Bonchev–Trinajstić information content (AvgIpc) is 3.01. The van der Waals surface area contributed by atoms with Crippen molar-refractivity contribution in [3.05, 3.63) is 52.3 Å². The van der Waals surface area contributed by atoms with Crippen LogP contribution in [0.4, 0.5) is 0 Å². The molecule has 0 radical (unpaired) electrons. The number of fused-ring (bicyclic) bond motifs is 2. The van der Waals surface area contributed by atoms with E-state index in [2.05, 4.69) is 4.99 Å². The first kappa shape index (κ1) is 16.4. The number of aromatic nitrogens is 1. The standard InChI is InChI=1S/C19H15N3O3S/c1-2-22-14-9-15-16(25-8-7-24-15)10-17(14)26-19(22)21-18(23)13-5-3-12(11-20)4-6-13/h3-6,9-10H,2,7-8H2,1H3. The molecule has 0 saturated carbocycles. The number of benzene rings is 2. The van der Waals surface area contributed by atoms with Crippen molar-refractivity contribution in [3.8, 4) is 17.6 Å². The van der Waals surface area contributed by atoms with Gasteiger partial charge in [-0.3, -0.25) is 4.79 Å². The molecule has 2 heterocycles.